The van der Waals surface area contributed by atoms with Gasteiger partial charge in [-0.05, 0) is 156 Å². The molecular formula is C80H65BN2. The van der Waals surface area contributed by atoms with Gasteiger partial charge >= 0.3 is 0 Å². The number of anilines is 6. The number of aryl methyl sites for hydroxylation is 1. The number of hydrogen-bond acceptors (Lipinski definition) is 2. The number of fused-ring (bicyclic) bond motifs is 4. The van der Waals surface area contributed by atoms with Crippen LogP contribution in [0.4, 0.5) is 34.1 Å². The van der Waals surface area contributed by atoms with Crippen molar-refractivity contribution in [2.24, 2.45) is 0 Å². The van der Waals surface area contributed by atoms with Crippen molar-refractivity contribution in [3.63, 3.8) is 0 Å². The van der Waals surface area contributed by atoms with E-state index in [1.54, 1.807) is 0 Å². The smallest absolute Gasteiger partial charge is 0.252 e. The molecule has 0 saturated carbocycles. The van der Waals surface area contributed by atoms with Crippen molar-refractivity contribution in [1.29, 1.82) is 0 Å². The molecule has 0 atom stereocenters. The van der Waals surface area contributed by atoms with Crippen LogP contribution in [0.25, 0.3) is 77.9 Å². The number of rotatable bonds is 12. The Hall–Kier alpha value is -9.70. The van der Waals surface area contributed by atoms with Gasteiger partial charge in [0.25, 0.3) is 6.71 Å². The first-order valence-corrected chi connectivity index (χ1v) is 29.6. The first-order chi connectivity index (χ1) is 40.8. The highest BCUT2D eigenvalue weighted by molar-refractivity contribution is 7.00. The zero-order valence-corrected chi connectivity index (χ0v) is 47.7. The molecule has 398 valence electrons. The van der Waals surface area contributed by atoms with Gasteiger partial charge in [0, 0.05) is 39.4 Å². The summed E-state index contributed by atoms with van der Waals surface area (Å²) in [5, 5.41) is 0. The monoisotopic (exact) mass is 1060 g/mol. The molecule has 12 aromatic rings. The summed E-state index contributed by atoms with van der Waals surface area (Å²) in [6.45, 7) is 9.33. The summed E-state index contributed by atoms with van der Waals surface area (Å²) in [4.78, 5) is 5.41. The van der Waals surface area contributed by atoms with Gasteiger partial charge in [0.1, 0.15) is 0 Å². The van der Waals surface area contributed by atoms with Crippen molar-refractivity contribution in [3.8, 4) is 77.9 Å². The highest BCUT2D eigenvalue weighted by Gasteiger charge is 2.46. The standard InChI is InChI=1S/C80H65BN2/c1-5-6-28-64-47-65(57-33-18-9-19-34-57)48-68(59-37-22-11-23-38-59)78(64)82-73-45-43-62(55-29-14-7-15-30-55)51-71(73)81-72-52-63(56-31-16-8-17-32-56)44-46-74(72)83(76-54-67(80(2,3)4)53-75(82)77(76)81)79-69(60-39-24-12-25-40-60)49-66(58-35-20-10-21-36-58)50-70(79)61-41-26-13-27-42-61/h7-27,29-54H,5-6,28H2,1-4H3. The summed E-state index contributed by atoms with van der Waals surface area (Å²) in [6, 6.07) is 107. The Morgan fingerprint density at radius 2 is 0.651 bits per heavy atom. The summed E-state index contributed by atoms with van der Waals surface area (Å²) in [5.74, 6) is 0. The van der Waals surface area contributed by atoms with Crippen molar-refractivity contribution in [3.05, 3.63) is 296 Å². The molecular weight excluding hydrogens is 1000 g/mol. The van der Waals surface area contributed by atoms with E-state index < -0.39 is 0 Å². The normalized spacial score (nSPS) is 12.4. The highest BCUT2D eigenvalue weighted by Crippen LogP contribution is 2.54. The Labute approximate surface area is 490 Å². The maximum Gasteiger partial charge on any atom is 0.252 e. The second kappa shape index (κ2) is 21.7. The molecule has 0 spiro atoms. The zero-order chi connectivity index (χ0) is 56.0. The summed E-state index contributed by atoms with van der Waals surface area (Å²) < 4.78 is 0. The minimum atomic E-state index is -0.237. The van der Waals surface area contributed by atoms with Crippen LogP contribution >= 0.6 is 0 Å². The fourth-order valence-electron chi connectivity index (χ4n) is 13.0. The molecule has 0 saturated heterocycles. The SMILES string of the molecule is CCCCc1cc(-c2ccccc2)cc(-c2ccccc2)c1N1c2ccc(-c3ccccc3)cc2B2c3cc(-c4ccccc4)ccc3N(c3c(-c4ccccc4)cc(-c4ccccc4)cc3-c3ccccc3)c3cc(C(C)(C)C)cc1c32. The van der Waals surface area contributed by atoms with Crippen LogP contribution in [0.3, 0.4) is 0 Å². The lowest BCUT2D eigenvalue weighted by Gasteiger charge is -2.46. The van der Waals surface area contributed by atoms with Gasteiger partial charge in [0.15, 0.2) is 0 Å². The van der Waals surface area contributed by atoms with E-state index in [9.17, 15) is 0 Å². The second-order valence-corrected chi connectivity index (χ2v) is 23.4. The number of nitrogens with zero attached hydrogens (tertiary/aromatic N) is 2. The van der Waals surface area contributed by atoms with Gasteiger partial charge in [-0.3, -0.25) is 0 Å². The molecule has 0 amide bonds. The first kappa shape index (κ1) is 51.5. The summed E-state index contributed by atoms with van der Waals surface area (Å²) in [5.41, 5.74) is 30.1. The van der Waals surface area contributed by atoms with Crippen LogP contribution < -0.4 is 26.2 Å². The van der Waals surface area contributed by atoms with Crippen LogP contribution in [0.1, 0.15) is 51.7 Å². The van der Waals surface area contributed by atoms with E-state index in [1.165, 1.54) is 123 Å². The van der Waals surface area contributed by atoms with Crippen LogP contribution in [-0.4, -0.2) is 6.71 Å². The van der Waals surface area contributed by atoms with E-state index in [-0.39, 0.29) is 12.1 Å². The lowest BCUT2D eigenvalue weighted by molar-refractivity contribution is 0.590. The van der Waals surface area contributed by atoms with Gasteiger partial charge in [-0.2, -0.15) is 0 Å². The van der Waals surface area contributed by atoms with Crippen molar-refractivity contribution in [2.75, 3.05) is 9.80 Å². The quantitative estimate of drug-likeness (QED) is 0.113. The molecule has 0 unspecified atom stereocenters. The van der Waals surface area contributed by atoms with Gasteiger partial charge in [0.2, 0.25) is 0 Å². The molecule has 0 N–H and O–H groups in total. The van der Waals surface area contributed by atoms with Crippen molar-refractivity contribution in [1.82, 2.24) is 0 Å². The Balaban J connectivity index is 1.16. The molecule has 2 heterocycles. The average molecular weight is 1070 g/mol. The van der Waals surface area contributed by atoms with Crippen molar-refractivity contribution < 1.29 is 0 Å². The van der Waals surface area contributed by atoms with Crippen molar-refractivity contribution in [2.45, 2.75) is 52.4 Å². The van der Waals surface area contributed by atoms with E-state index in [1.807, 2.05) is 0 Å². The number of unbranched alkanes of at least 4 members (excludes halogenated alkanes) is 1. The fraction of sp³-hybridized carbons (Fsp3) is 0.100. The maximum absolute atomic E-state index is 2.72. The topological polar surface area (TPSA) is 6.48 Å². The summed E-state index contributed by atoms with van der Waals surface area (Å²) in [7, 11) is 0. The molecule has 2 nitrogen and oxygen atoms in total. The van der Waals surface area contributed by atoms with Crippen LogP contribution in [-0.2, 0) is 11.8 Å². The lowest BCUT2D eigenvalue weighted by atomic mass is 9.33. The third-order valence-electron chi connectivity index (χ3n) is 17.2. The largest absolute Gasteiger partial charge is 0.311 e. The van der Waals surface area contributed by atoms with Crippen molar-refractivity contribution >= 4 is 57.2 Å². The molecule has 2 aliphatic rings. The van der Waals surface area contributed by atoms with Gasteiger partial charge in [0.05, 0.1) is 11.4 Å². The molecule has 0 aliphatic carbocycles. The van der Waals surface area contributed by atoms with E-state index in [0.717, 1.165) is 36.1 Å². The third-order valence-corrected chi connectivity index (χ3v) is 17.2. The van der Waals surface area contributed by atoms with E-state index in [4.69, 9.17) is 0 Å². The molecule has 0 radical (unpaired) electrons. The molecule has 2 aliphatic heterocycles. The molecule has 3 heteroatoms. The minimum absolute atomic E-state index is 0.148. The Morgan fingerprint density at radius 3 is 1.02 bits per heavy atom. The van der Waals surface area contributed by atoms with E-state index in [0.29, 0.717) is 0 Å². The molecule has 83 heavy (non-hydrogen) atoms. The summed E-state index contributed by atoms with van der Waals surface area (Å²) >= 11 is 0. The average Bonchev–Trinajstić information content (AvgIpc) is 3.07. The van der Waals surface area contributed by atoms with Gasteiger partial charge < -0.3 is 9.80 Å². The van der Waals surface area contributed by atoms with Gasteiger partial charge in [-0.1, -0.05) is 271 Å². The maximum atomic E-state index is 2.72. The Morgan fingerprint density at radius 1 is 0.313 bits per heavy atom. The first-order valence-electron chi connectivity index (χ1n) is 29.6. The molecule has 14 rings (SSSR count). The second-order valence-electron chi connectivity index (χ2n) is 23.4. The molecule has 0 fully saturated rings. The summed E-state index contributed by atoms with van der Waals surface area (Å²) in [6.07, 6.45) is 3.06. The highest BCUT2D eigenvalue weighted by atomic mass is 15.2. The third kappa shape index (κ3) is 9.47. The molecule has 12 aromatic carbocycles. The Bertz CT molecular complexity index is 4250. The van der Waals surface area contributed by atoms with Crippen LogP contribution in [0.2, 0.25) is 0 Å². The zero-order valence-electron chi connectivity index (χ0n) is 47.7. The number of hydrogen-bond donors (Lipinski definition) is 0. The van der Waals surface area contributed by atoms with Gasteiger partial charge in [-0.15, -0.1) is 0 Å². The predicted octanol–water partition coefficient (Wildman–Crippen LogP) is 20.1. The molecule has 0 aromatic heterocycles. The van der Waals surface area contributed by atoms with Crippen LogP contribution in [0, 0.1) is 0 Å². The van der Waals surface area contributed by atoms with E-state index >= 15 is 0 Å². The minimum Gasteiger partial charge on any atom is -0.311 e. The van der Waals surface area contributed by atoms with Crippen LogP contribution in [0.5, 0.6) is 0 Å². The number of benzene rings is 12. The lowest BCUT2D eigenvalue weighted by Crippen LogP contribution is -2.61. The van der Waals surface area contributed by atoms with Gasteiger partial charge in [-0.25, -0.2) is 0 Å². The fourth-order valence-corrected chi connectivity index (χ4v) is 13.0. The molecule has 0 bridgehead atoms. The Kier molecular flexibility index (Phi) is 13.4. The predicted molar refractivity (Wildman–Crippen MR) is 356 cm³/mol. The van der Waals surface area contributed by atoms with Crippen LogP contribution in [0.15, 0.2) is 285 Å². The van der Waals surface area contributed by atoms with E-state index in [2.05, 4.69) is 323 Å².